The fourth-order valence-corrected chi connectivity index (χ4v) is 3.25. The molecule has 144 valence electrons. The van der Waals surface area contributed by atoms with Crippen LogP contribution in [-0.4, -0.2) is 18.9 Å². The Morgan fingerprint density at radius 3 is 2.34 bits per heavy atom. The van der Waals surface area contributed by atoms with E-state index in [0.717, 1.165) is 0 Å². The summed E-state index contributed by atoms with van der Waals surface area (Å²) in [6.07, 6.45) is 1.63. The molecule has 1 aliphatic heterocycles. The van der Waals surface area contributed by atoms with E-state index in [2.05, 4.69) is 4.99 Å². The third-order valence-electron chi connectivity index (χ3n) is 4.48. The van der Waals surface area contributed by atoms with Crippen molar-refractivity contribution in [3.05, 3.63) is 100 Å². The molecule has 1 amide bonds. The highest BCUT2D eigenvalue weighted by Crippen LogP contribution is 2.31. The fraction of sp³-hybridized carbons (Fsp3) is 0.0435. The summed E-state index contributed by atoms with van der Waals surface area (Å²) in [7, 11) is 1.58. The van der Waals surface area contributed by atoms with E-state index < -0.39 is 0 Å². The molecule has 0 aliphatic carbocycles. The Morgan fingerprint density at radius 1 is 1.00 bits per heavy atom. The number of amides is 1. The molecule has 0 saturated carbocycles. The number of anilines is 1. The van der Waals surface area contributed by atoms with Crippen LogP contribution in [0.5, 0.6) is 5.75 Å². The molecular weight excluding hydrogens is 391 g/mol. The molecule has 0 bridgehead atoms. The zero-order valence-electron chi connectivity index (χ0n) is 15.5. The molecule has 0 radical (unpaired) electrons. The van der Waals surface area contributed by atoms with E-state index in [1.807, 2.05) is 18.2 Å². The highest BCUT2D eigenvalue weighted by Gasteiger charge is 2.33. The van der Waals surface area contributed by atoms with Gasteiger partial charge in [-0.3, -0.25) is 9.69 Å². The molecule has 0 spiro atoms. The number of hydrogen-bond donors (Lipinski definition) is 0. The molecule has 0 aromatic heterocycles. The number of ether oxygens (including phenoxy) is 1. The van der Waals surface area contributed by atoms with E-state index in [-0.39, 0.29) is 17.4 Å². The number of methoxy groups -OCH3 is 1. The van der Waals surface area contributed by atoms with Gasteiger partial charge in [-0.1, -0.05) is 35.9 Å². The van der Waals surface area contributed by atoms with Crippen molar-refractivity contribution in [1.29, 1.82) is 0 Å². The minimum Gasteiger partial charge on any atom is -0.497 e. The molecule has 0 saturated heterocycles. The quantitative estimate of drug-likeness (QED) is 0.550. The first kappa shape index (κ1) is 18.9. The SMILES string of the molecule is COc1ccc(N2C(=O)/C(=C\c3ccc(F)cc3)N=C2c2ccccc2Cl)cc1. The lowest BCUT2D eigenvalue weighted by atomic mass is 10.1. The first-order valence-electron chi connectivity index (χ1n) is 8.86. The molecule has 4 nitrogen and oxygen atoms in total. The number of carbonyl (C=O) groups excluding carboxylic acids is 1. The molecular formula is C23H16ClFN2O2. The lowest BCUT2D eigenvalue weighted by Gasteiger charge is -2.19. The molecule has 4 rings (SSSR count). The largest absolute Gasteiger partial charge is 0.497 e. The zero-order valence-corrected chi connectivity index (χ0v) is 16.2. The molecule has 29 heavy (non-hydrogen) atoms. The van der Waals surface area contributed by atoms with E-state index in [1.54, 1.807) is 55.7 Å². The van der Waals surface area contributed by atoms with Crippen molar-refractivity contribution in [2.75, 3.05) is 12.0 Å². The third kappa shape index (κ3) is 3.77. The highest BCUT2D eigenvalue weighted by molar-refractivity contribution is 6.39. The first-order chi connectivity index (χ1) is 14.1. The van der Waals surface area contributed by atoms with Crippen LogP contribution in [0.2, 0.25) is 5.02 Å². The predicted octanol–water partition coefficient (Wildman–Crippen LogP) is 5.32. The van der Waals surface area contributed by atoms with Crippen molar-refractivity contribution in [2.45, 2.75) is 0 Å². The Balaban J connectivity index is 1.82. The second kappa shape index (κ2) is 7.89. The third-order valence-corrected chi connectivity index (χ3v) is 4.81. The Morgan fingerprint density at radius 2 is 1.69 bits per heavy atom. The van der Waals surface area contributed by atoms with Gasteiger partial charge in [0, 0.05) is 5.56 Å². The Hall–Kier alpha value is -3.44. The summed E-state index contributed by atoms with van der Waals surface area (Å²) in [5, 5.41) is 0.487. The maximum Gasteiger partial charge on any atom is 0.282 e. The number of nitrogens with zero attached hydrogens (tertiary/aromatic N) is 2. The van der Waals surface area contributed by atoms with Gasteiger partial charge in [-0.2, -0.15) is 0 Å². The average molecular weight is 407 g/mol. The molecule has 6 heteroatoms. The van der Waals surface area contributed by atoms with Crippen LogP contribution in [-0.2, 0) is 4.79 Å². The number of rotatable bonds is 4. The van der Waals surface area contributed by atoms with Crippen molar-refractivity contribution in [1.82, 2.24) is 0 Å². The number of amidine groups is 1. The topological polar surface area (TPSA) is 41.9 Å². The van der Waals surface area contributed by atoms with Crippen molar-refractivity contribution in [2.24, 2.45) is 4.99 Å². The van der Waals surface area contributed by atoms with Gasteiger partial charge in [0.1, 0.15) is 23.1 Å². The Kier molecular flexibility index (Phi) is 5.14. The first-order valence-corrected chi connectivity index (χ1v) is 9.24. The standard InChI is InChI=1S/C23H16ClFN2O2/c1-29-18-12-10-17(11-13-18)27-22(19-4-2-3-5-20(19)24)26-21(23(27)28)14-15-6-8-16(25)9-7-15/h2-14H,1H3/b21-14+. The lowest BCUT2D eigenvalue weighted by molar-refractivity contribution is -0.113. The van der Waals surface area contributed by atoms with Crippen molar-refractivity contribution >= 4 is 35.1 Å². The van der Waals surface area contributed by atoms with Crippen LogP contribution in [0.1, 0.15) is 11.1 Å². The molecule has 0 unspecified atom stereocenters. The van der Waals surface area contributed by atoms with Gasteiger partial charge in [0.2, 0.25) is 0 Å². The van der Waals surface area contributed by atoms with Gasteiger partial charge in [-0.25, -0.2) is 9.38 Å². The summed E-state index contributed by atoms with van der Waals surface area (Å²) in [5.41, 5.74) is 2.19. The van der Waals surface area contributed by atoms with Crippen LogP contribution in [0.3, 0.4) is 0 Å². The Bertz CT molecular complexity index is 1120. The Labute approximate surface area is 172 Å². The number of halogens is 2. The van der Waals surface area contributed by atoms with E-state index in [9.17, 15) is 9.18 Å². The molecule has 3 aromatic rings. The summed E-state index contributed by atoms with van der Waals surface area (Å²) in [4.78, 5) is 19.3. The highest BCUT2D eigenvalue weighted by atomic mass is 35.5. The maximum absolute atomic E-state index is 13.2. The van der Waals surface area contributed by atoms with Gasteiger partial charge in [0.05, 0.1) is 17.8 Å². The maximum atomic E-state index is 13.2. The number of aliphatic imine (C=N–C) groups is 1. The van der Waals surface area contributed by atoms with Crippen LogP contribution in [0.4, 0.5) is 10.1 Å². The average Bonchev–Trinajstić information content (AvgIpc) is 3.06. The van der Waals surface area contributed by atoms with E-state index in [0.29, 0.717) is 33.4 Å². The van der Waals surface area contributed by atoms with Gasteiger partial charge < -0.3 is 4.74 Å². The van der Waals surface area contributed by atoms with Crippen LogP contribution in [0, 0.1) is 5.82 Å². The smallest absolute Gasteiger partial charge is 0.282 e. The number of benzene rings is 3. The monoisotopic (exact) mass is 406 g/mol. The lowest BCUT2D eigenvalue weighted by Crippen LogP contribution is -2.32. The van der Waals surface area contributed by atoms with Gasteiger partial charge in [-0.05, 0) is 60.2 Å². The van der Waals surface area contributed by atoms with Crippen LogP contribution in [0.15, 0.2) is 83.5 Å². The summed E-state index contributed by atoms with van der Waals surface area (Å²) < 4.78 is 18.4. The molecule has 0 fully saturated rings. The van der Waals surface area contributed by atoms with Gasteiger partial charge in [0.15, 0.2) is 0 Å². The van der Waals surface area contributed by atoms with Gasteiger partial charge in [-0.15, -0.1) is 0 Å². The fourth-order valence-electron chi connectivity index (χ4n) is 3.03. The molecule has 1 aliphatic rings. The van der Waals surface area contributed by atoms with E-state index in [4.69, 9.17) is 16.3 Å². The van der Waals surface area contributed by atoms with E-state index >= 15 is 0 Å². The summed E-state index contributed by atoms with van der Waals surface area (Å²) >= 11 is 6.38. The van der Waals surface area contributed by atoms with Crippen LogP contribution in [0.25, 0.3) is 6.08 Å². The predicted molar refractivity (Wildman–Crippen MR) is 113 cm³/mol. The second-order valence-electron chi connectivity index (χ2n) is 6.33. The van der Waals surface area contributed by atoms with Gasteiger partial charge >= 0.3 is 0 Å². The molecule has 3 aromatic carbocycles. The minimum atomic E-state index is -0.343. The van der Waals surface area contributed by atoms with Crippen LogP contribution >= 0.6 is 11.6 Å². The number of hydrogen-bond acceptors (Lipinski definition) is 3. The van der Waals surface area contributed by atoms with Crippen molar-refractivity contribution < 1.29 is 13.9 Å². The summed E-state index contributed by atoms with van der Waals surface area (Å²) in [6, 6.07) is 20.2. The molecule has 0 N–H and O–H groups in total. The normalized spacial score (nSPS) is 15.0. The van der Waals surface area contributed by atoms with Crippen molar-refractivity contribution in [3.8, 4) is 5.75 Å². The molecule has 1 heterocycles. The molecule has 0 atom stereocenters. The second-order valence-corrected chi connectivity index (χ2v) is 6.74. The summed E-state index contributed by atoms with van der Waals surface area (Å²) in [5.74, 6) is 0.470. The summed E-state index contributed by atoms with van der Waals surface area (Å²) in [6.45, 7) is 0. The minimum absolute atomic E-state index is 0.238. The zero-order chi connectivity index (χ0) is 20.4. The van der Waals surface area contributed by atoms with Crippen LogP contribution < -0.4 is 9.64 Å². The van der Waals surface area contributed by atoms with Crippen molar-refractivity contribution in [3.63, 3.8) is 0 Å². The number of carbonyl (C=O) groups is 1. The van der Waals surface area contributed by atoms with Gasteiger partial charge in [0.25, 0.3) is 5.91 Å². The van der Waals surface area contributed by atoms with E-state index in [1.165, 1.54) is 17.0 Å².